The molecule has 0 bridgehead atoms. The number of nitrogens with zero attached hydrogens (tertiary/aromatic N) is 1. The van der Waals surface area contributed by atoms with Crippen LogP contribution in [0.2, 0.25) is 0 Å². The first-order valence-corrected chi connectivity index (χ1v) is 6.96. The summed E-state index contributed by atoms with van der Waals surface area (Å²) in [5.74, 6) is 1.06. The van der Waals surface area contributed by atoms with E-state index in [1.807, 2.05) is 19.9 Å². The molecule has 4 heteroatoms. The highest BCUT2D eigenvalue weighted by Gasteiger charge is 2.09. The molecule has 0 atom stereocenters. The van der Waals surface area contributed by atoms with Crippen LogP contribution in [-0.4, -0.2) is 24.8 Å². The maximum Gasteiger partial charge on any atom is 0.218 e. The largest absolute Gasteiger partial charge is 0.475 e. The van der Waals surface area contributed by atoms with Gasteiger partial charge in [-0.15, -0.1) is 11.6 Å². The summed E-state index contributed by atoms with van der Waals surface area (Å²) in [6, 6.07) is 2.02. The van der Waals surface area contributed by atoms with Crippen molar-refractivity contribution in [1.29, 1.82) is 0 Å². The summed E-state index contributed by atoms with van der Waals surface area (Å²) in [7, 11) is 0. The number of rotatable bonds is 8. The Balaban J connectivity index is 2.46. The molecule has 0 fully saturated rings. The van der Waals surface area contributed by atoms with Crippen LogP contribution in [0.15, 0.2) is 6.07 Å². The zero-order valence-corrected chi connectivity index (χ0v) is 12.2. The van der Waals surface area contributed by atoms with Gasteiger partial charge in [0, 0.05) is 17.9 Å². The maximum atomic E-state index is 5.92. The smallest absolute Gasteiger partial charge is 0.218 e. The summed E-state index contributed by atoms with van der Waals surface area (Å²) < 4.78 is 11.1. The quantitative estimate of drug-likeness (QED) is 0.534. The summed E-state index contributed by atoms with van der Waals surface area (Å²) in [6.07, 6.45) is 2.24. The number of pyridine rings is 1. The zero-order valence-electron chi connectivity index (χ0n) is 11.5. The molecule has 0 aliphatic rings. The van der Waals surface area contributed by atoms with Gasteiger partial charge in [0.05, 0.1) is 12.5 Å². The Bertz CT molecular complexity index is 369. The van der Waals surface area contributed by atoms with Crippen molar-refractivity contribution in [3.63, 3.8) is 0 Å². The molecule has 0 aromatic carbocycles. The molecule has 1 aromatic heterocycles. The Morgan fingerprint density at radius 2 is 2.00 bits per heavy atom. The summed E-state index contributed by atoms with van der Waals surface area (Å²) in [4.78, 5) is 4.38. The van der Waals surface area contributed by atoms with Gasteiger partial charge in [-0.25, -0.2) is 4.98 Å². The molecule has 1 heterocycles. The van der Waals surface area contributed by atoms with Crippen LogP contribution >= 0.6 is 11.6 Å². The molecule has 0 unspecified atom stereocenters. The molecular weight excluding hydrogens is 250 g/mol. The molecule has 0 spiro atoms. The lowest BCUT2D eigenvalue weighted by atomic mass is 10.1. The van der Waals surface area contributed by atoms with E-state index in [-0.39, 0.29) is 0 Å². The third-order valence-corrected chi connectivity index (χ3v) is 2.95. The zero-order chi connectivity index (χ0) is 13.4. The topological polar surface area (TPSA) is 31.4 Å². The summed E-state index contributed by atoms with van der Waals surface area (Å²) in [5.41, 5.74) is 3.04. The average molecular weight is 272 g/mol. The molecule has 0 N–H and O–H groups in total. The van der Waals surface area contributed by atoms with Crippen molar-refractivity contribution in [2.45, 2.75) is 39.5 Å². The van der Waals surface area contributed by atoms with E-state index in [4.69, 9.17) is 21.1 Å². The first-order chi connectivity index (χ1) is 8.69. The minimum atomic E-state index is 0.422. The number of hydrogen-bond acceptors (Lipinski definition) is 3. The van der Waals surface area contributed by atoms with Gasteiger partial charge in [-0.3, -0.25) is 0 Å². The van der Waals surface area contributed by atoms with Crippen LogP contribution in [0.4, 0.5) is 0 Å². The van der Waals surface area contributed by atoms with Gasteiger partial charge < -0.3 is 9.47 Å². The molecule has 102 valence electrons. The van der Waals surface area contributed by atoms with Gasteiger partial charge in [0.25, 0.3) is 0 Å². The van der Waals surface area contributed by atoms with E-state index in [1.54, 1.807) is 0 Å². The predicted octanol–water partition coefficient (Wildman–Crippen LogP) is 3.63. The molecule has 0 aliphatic carbocycles. The number of aryl methyl sites for hydroxylation is 2. The molecule has 1 aromatic rings. The van der Waals surface area contributed by atoms with Gasteiger partial charge in [-0.05, 0) is 31.9 Å². The van der Waals surface area contributed by atoms with Crippen molar-refractivity contribution >= 4 is 11.6 Å². The van der Waals surface area contributed by atoms with Crippen molar-refractivity contribution in [2.75, 3.05) is 19.8 Å². The summed E-state index contributed by atoms with van der Waals surface area (Å²) >= 11 is 5.92. The normalized spacial score (nSPS) is 10.7. The van der Waals surface area contributed by atoms with Gasteiger partial charge in [0.2, 0.25) is 5.88 Å². The van der Waals surface area contributed by atoms with E-state index < -0.39 is 0 Å². The van der Waals surface area contributed by atoms with Crippen LogP contribution in [-0.2, 0) is 10.6 Å². The third-order valence-electron chi connectivity index (χ3n) is 2.68. The lowest BCUT2D eigenvalue weighted by molar-refractivity contribution is 0.0961. The number of halogens is 1. The van der Waals surface area contributed by atoms with Gasteiger partial charge in [-0.2, -0.15) is 0 Å². The van der Waals surface area contributed by atoms with E-state index >= 15 is 0 Å². The highest BCUT2D eigenvalue weighted by molar-refractivity contribution is 6.17. The fraction of sp³-hybridized carbons (Fsp3) is 0.643. The van der Waals surface area contributed by atoms with E-state index in [0.717, 1.165) is 36.3 Å². The lowest BCUT2D eigenvalue weighted by Crippen LogP contribution is -2.10. The minimum absolute atomic E-state index is 0.422. The number of ether oxygens (including phenoxy) is 2. The minimum Gasteiger partial charge on any atom is -0.475 e. The van der Waals surface area contributed by atoms with Crippen LogP contribution in [0, 0.1) is 13.8 Å². The highest BCUT2D eigenvalue weighted by Crippen LogP contribution is 2.22. The van der Waals surface area contributed by atoms with Crippen molar-refractivity contribution in [3.8, 4) is 5.88 Å². The number of aromatic nitrogens is 1. The first kappa shape index (κ1) is 15.3. The van der Waals surface area contributed by atoms with E-state index in [9.17, 15) is 0 Å². The number of alkyl halides is 1. The second kappa shape index (κ2) is 8.33. The number of unbranched alkanes of at least 4 members (excludes halogenated alkanes) is 1. The Morgan fingerprint density at radius 1 is 1.22 bits per heavy atom. The van der Waals surface area contributed by atoms with Crippen LogP contribution < -0.4 is 4.74 Å². The Morgan fingerprint density at radius 3 is 2.67 bits per heavy atom. The maximum absolute atomic E-state index is 5.92. The summed E-state index contributed by atoms with van der Waals surface area (Å²) in [5, 5.41) is 0. The van der Waals surface area contributed by atoms with Gasteiger partial charge >= 0.3 is 0 Å². The summed E-state index contributed by atoms with van der Waals surface area (Å²) in [6.45, 7) is 8.03. The van der Waals surface area contributed by atoms with Crippen molar-refractivity contribution in [3.05, 3.63) is 22.9 Å². The molecule has 0 saturated heterocycles. The lowest BCUT2D eigenvalue weighted by Gasteiger charge is -2.12. The molecule has 1 rings (SSSR count). The predicted molar refractivity (Wildman–Crippen MR) is 74.5 cm³/mol. The van der Waals surface area contributed by atoms with Crippen molar-refractivity contribution in [2.24, 2.45) is 0 Å². The van der Waals surface area contributed by atoms with Crippen LogP contribution in [0.5, 0.6) is 5.88 Å². The second-order valence-corrected chi connectivity index (χ2v) is 4.58. The van der Waals surface area contributed by atoms with Gasteiger partial charge in [0.15, 0.2) is 0 Å². The standard InChI is InChI=1S/C14H22ClNO2/c1-4-5-6-17-7-8-18-14-13(10-15)11(2)9-12(3)16-14/h9H,4-8,10H2,1-3H3. The van der Waals surface area contributed by atoms with Crippen LogP contribution in [0.1, 0.15) is 36.6 Å². The van der Waals surface area contributed by atoms with Crippen molar-refractivity contribution in [1.82, 2.24) is 4.98 Å². The molecule has 0 saturated carbocycles. The fourth-order valence-electron chi connectivity index (χ4n) is 1.66. The molecule has 0 radical (unpaired) electrons. The molecule has 0 amide bonds. The second-order valence-electron chi connectivity index (χ2n) is 4.31. The van der Waals surface area contributed by atoms with E-state index in [0.29, 0.717) is 25.0 Å². The van der Waals surface area contributed by atoms with E-state index in [1.165, 1.54) is 0 Å². The SMILES string of the molecule is CCCCOCCOc1nc(C)cc(C)c1CCl. The monoisotopic (exact) mass is 271 g/mol. The fourth-order valence-corrected chi connectivity index (χ4v) is 1.98. The Labute approximate surface area is 114 Å². The third kappa shape index (κ3) is 4.83. The van der Waals surface area contributed by atoms with Gasteiger partial charge in [0.1, 0.15) is 6.61 Å². The Kier molecular flexibility index (Phi) is 7.06. The van der Waals surface area contributed by atoms with E-state index in [2.05, 4.69) is 11.9 Å². The Hall–Kier alpha value is -0.800. The molecule has 0 aliphatic heterocycles. The molecule has 3 nitrogen and oxygen atoms in total. The average Bonchev–Trinajstić information content (AvgIpc) is 2.33. The first-order valence-electron chi connectivity index (χ1n) is 6.42. The van der Waals surface area contributed by atoms with Gasteiger partial charge in [-0.1, -0.05) is 13.3 Å². The van der Waals surface area contributed by atoms with Crippen molar-refractivity contribution < 1.29 is 9.47 Å². The number of hydrogen-bond donors (Lipinski definition) is 0. The van der Waals surface area contributed by atoms with Crippen LogP contribution in [0.25, 0.3) is 0 Å². The molecular formula is C14H22ClNO2. The van der Waals surface area contributed by atoms with Crippen LogP contribution in [0.3, 0.4) is 0 Å². The highest BCUT2D eigenvalue weighted by atomic mass is 35.5. The molecule has 18 heavy (non-hydrogen) atoms.